The molecule has 0 unspecified atom stereocenters. The quantitative estimate of drug-likeness (QED) is 0.340. The topological polar surface area (TPSA) is 55.6 Å². The second kappa shape index (κ2) is 9.59. The van der Waals surface area contributed by atoms with Crippen LogP contribution in [0, 0.1) is 6.92 Å². The molecule has 1 heterocycles. The van der Waals surface area contributed by atoms with Gasteiger partial charge in [0, 0.05) is 23.6 Å². The van der Waals surface area contributed by atoms with Crippen LogP contribution in [0.3, 0.4) is 0 Å². The number of ether oxygens (including phenoxy) is 1. The van der Waals surface area contributed by atoms with Crippen molar-refractivity contribution < 1.29 is 9.53 Å². The van der Waals surface area contributed by atoms with Crippen molar-refractivity contribution in [2.45, 2.75) is 13.5 Å². The van der Waals surface area contributed by atoms with Gasteiger partial charge in [-0.1, -0.05) is 36.4 Å². The van der Waals surface area contributed by atoms with E-state index in [1.165, 1.54) is 5.56 Å². The molecule has 0 fully saturated rings. The Balaban J connectivity index is 1.34. The van der Waals surface area contributed by atoms with Crippen LogP contribution in [0.5, 0.6) is 5.75 Å². The number of hydrogen-bond acceptors (Lipinski definition) is 3. The van der Waals surface area contributed by atoms with Crippen LogP contribution in [-0.2, 0) is 6.61 Å². The lowest BCUT2D eigenvalue weighted by molar-refractivity contribution is 0.0955. The van der Waals surface area contributed by atoms with Crippen molar-refractivity contribution in [2.24, 2.45) is 5.10 Å². The van der Waals surface area contributed by atoms with Crippen molar-refractivity contribution in [2.75, 3.05) is 0 Å². The second-order valence-corrected chi connectivity index (χ2v) is 7.12. The van der Waals surface area contributed by atoms with Gasteiger partial charge >= 0.3 is 0 Å². The minimum absolute atomic E-state index is 0.262. The SMILES string of the molecule is Cc1ccccc1COc1cccc(/C=N/NC(=O)c2ccc(-n3cccc3)cc2)c1. The number of nitrogens with zero attached hydrogens (tertiary/aromatic N) is 2. The van der Waals surface area contributed by atoms with Crippen LogP contribution in [0.4, 0.5) is 0 Å². The summed E-state index contributed by atoms with van der Waals surface area (Å²) < 4.78 is 7.88. The van der Waals surface area contributed by atoms with Gasteiger partial charge in [-0.3, -0.25) is 4.79 Å². The highest BCUT2D eigenvalue weighted by Gasteiger charge is 2.05. The number of hydrazone groups is 1. The molecule has 0 saturated carbocycles. The fourth-order valence-electron chi connectivity index (χ4n) is 3.14. The molecule has 0 aliphatic carbocycles. The Morgan fingerprint density at radius 3 is 2.52 bits per heavy atom. The van der Waals surface area contributed by atoms with Crippen LogP contribution in [0.1, 0.15) is 27.0 Å². The Morgan fingerprint density at radius 2 is 1.74 bits per heavy atom. The first kappa shape index (κ1) is 20.2. The van der Waals surface area contributed by atoms with Gasteiger partial charge in [0.25, 0.3) is 5.91 Å². The first-order valence-electron chi connectivity index (χ1n) is 10.0. The van der Waals surface area contributed by atoms with E-state index in [0.29, 0.717) is 12.2 Å². The molecule has 0 saturated heterocycles. The lowest BCUT2D eigenvalue weighted by Crippen LogP contribution is -2.17. The molecule has 5 nitrogen and oxygen atoms in total. The van der Waals surface area contributed by atoms with Gasteiger partial charge in [0.05, 0.1) is 6.21 Å². The van der Waals surface area contributed by atoms with Gasteiger partial charge in [-0.25, -0.2) is 5.43 Å². The smallest absolute Gasteiger partial charge is 0.271 e. The Bertz CT molecular complexity index is 1180. The summed E-state index contributed by atoms with van der Waals surface area (Å²) >= 11 is 0. The van der Waals surface area contributed by atoms with Gasteiger partial charge in [0.15, 0.2) is 0 Å². The number of hydrogen-bond donors (Lipinski definition) is 1. The summed E-state index contributed by atoms with van der Waals surface area (Å²) in [6.07, 6.45) is 5.52. The zero-order chi connectivity index (χ0) is 21.5. The maximum Gasteiger partial charge on any atom is 0.271 e. The molecular weight excluding hydrogens is 386 g/mol. The second-order valence-electron chi connectivity index (χ2n) is 7.12. The lowest BCUT2D eigenvalue weighted by Gasteiger charge is -2.09. The molecule has 0 bridgehead atoms. The average Bonchev–Trinajstić information content (AvgIpc) is 3.34. The summed E-state index contributed by atoms with van der Waals surface area (Å²) in [7, 11) is 0. The molecule has 4 rings (SSSR count). The van der Waals surface area contributed by atoms with E-state index >= 15 is 0 Å². The van der Waals surface area contributed by atoms with Crippen molar-refractivity contribution in [3.63, 3.8) is 0 Å². The number of carbonyl (C=O) groups excluding carboxylic acids is 1. The molecule has 0 atom stereocenters. The highest BCUT2D eigenvalue weighted by atomic mass is 16.5. The van der Waals surface area contributed by atoms with E-state index in [2.05, 4.69) is 29.6 Å². The standard InChI is InChI=1S/C26H23N3O2/c1-20-7-2-3-9-23(20)19-31-25-10-6-8-21(17-25)18-27-28-26(30)22-11-13-24(14-12-22)29-15-4-5-16-29/h2-18H,19H2,1H3,(H,28,30)/b27-18+. The zero-order valence-electron chi connectivity index (χ0n) is 17.2. The highest BCUT2D eigenvalue weighted by Crippen LogP contribution is 2.16. The maximum atomic E-state index is 12.3. The first-order chi connectivity index (χ1) is 15.2. The number of aromatic nitrogens is 1. The molecular formula is C26H23N3O2. The molecule has 3 aromatic carbocycles. The fraction of sp³-hybridized carbons (Fsp3) is 0.0769. The summed E-state index contributed by atoms with van der Waals surface area (Å²) in [5.41, 5.74) is 7.29. The predicted octanol–water partition coefficient (Wildman–Crippen LogP) is 5.13. The molecule has 154 valence electrons. The number of benzene rings is 3. The third-order valence-electron chi connectivity index (χ3n) is 4.93. The highest BCUT2D eigenvalue weighted by molar-refractivity contribution is 5.95. The fourth-order valence-corrected chi connectivity index (χ4v) is 3.14. The van der Waals surface area contributed by atoms with Crippen molar-refractivity contribution >= 4 is 12.1 Å². The average molecular weight is 409 g/mol. The molecule has 0 spiro atoms. The van der Waals surface area contributed by atoms with E-state index in [1.807, 2.05) is 77.6 Å². The monoisotopic (exact) mass is 409 g/mol. The molecule has 1 amide bonds. The molecule has 5 heteroatoms. The zero-order valence-corrected chi connectivity index (χ0v) is 17.2. The lowest BCUT2D eigenvalue weighted by atomic mass is 10.1. The molecule has 4 aromatic rings. The van der Waals surface area contributed by atoms with E-state index < -0.39 is 0 Å². The van der Waals surface area contributed by atoms with Crippen LogP contribution in [0.2, 0.25) is 0 Å². The van der Waals surface area contributed by atoms with Crippen LogP contribution in [0.25, 0.3) is 5.69 Å². The number of nitrogens with one attached hydrogen (secondary N) is 1. The number of amides is 1. The molecule has 31 heavy (non-hydrogen) atoms. The van der Waals surface area contributed by atoms with Gasteiger partial charge in [0.2, 0.25) is 0 Å². The summed E-state index contributed by atoms with van der Waals surface area (Å²) in [5, 5.41) is 4.08. The maximum absolute atomic E-state index is 12.3. The molecule has 0 aliphatic heterocycles. The Hall–Kier alpha value is -4.12. The van der Waals surface area contributed by atoms with E-state index in [1.54, 1.807) is 18.3 Å². The third-order valence-corrected chi connectivity index (χ3v) is 4.93. The van der Waals surface area contributed by atoms with E-state index in [0.717, 1.165) is 22.6 Å². The van der Waals surface area contributed by atoms with Crippen molar-refractivity contribution in [3.8, 4) is 11.4 Å². The van der Waals surface area contributed by atoms with Crippen LogP contribution in [-0.4, -0.2) is 16.7 Å². The summed E-state index contributed by atoms with van der Waals surface area (Å²) in [6, 6.07) is 27.0. The van der Waals surface area contributed by atoms with E-state index in [9.17, 15) is 4.79 Å². The molecule has 1 N–H and O–H groups in total. The predicted molar refractivity (Wildman–Crippen MR) is 123 cm³/mol. The van der Waals surface area contributed by atoms with Gasteiger partial charge in [0.1, 0.15) is 12.4 Å². The van der Waals surface area contributed by atoms with Crippen LogP contribution >= 0.6 is 0 Å². The van der Waals surface area contributed by atoms with Gasteiger partial charge < -0.3 is 9.30 Å². The Labute approximate surface area is 181 Å². The van der Waals surface area contributed by atoms with Crippen LogP contribution < -0.4 is 10.2 Å². The summed E-state index contributed by atoms with van der Waals surface area (Å²) in [6.45, 7) is 2.57. The summed E-state index contributed by atoms with van der Waals surface area (Å²) in [5.74, 6) is 0.487. The molecule has 0 aliphatic rings. The molecule has 0 radical (unpaired) electrons. The molecule has 1 aromatic heterocycles. The first-order valence-corrected chi connectivity index (χ1v) is 10.0. The normalized spacial score (nSPS) is 10.9. The minimum Gasteiger partial charge on any atom is -0.489 e. The minimum atomic E-state index is -0.262. The van der Waals surface area contributed by atoms with Gasteiger partial charge in [-0.15, -0.1) is 0 Å². The van der Waals surface area contributed by atoms with Crippen molar-refractivity contribution in [1.29, 1.82) is 0 Å². The number of carbonyl (C=O) groups is 1. The van der Waals surface area contributed by atoms with Crippen molar-refractivity contribution in [3.05, 3.63) is 120 Å². The van der Waals surface area contributed by atoms with E-state index in [-0.39, 0.29) is 5.91 Å². The summed E-state index contributed by atoms with van der Waals surface area (Å²) in [4.78, 5) is 12.3. The number of aryl methyl sites for hydroxylation is 1. The van der Waals surface area contributed by atoms with Crippen LogP contribution in [0.15, 0.2) is 102 Å². The van der Waals surface area contributed by atoms with E-state index in [4.69, 9.17) is 4.74 Å². The van der Waals surface area contributed by atoms with Crippen molar-refractivity contribution in [1.82, 2.24) is 9.99 Å². The van der Waals surface area contributed by atoms with Gasteiger partial charge in [-0.2, -0.15) is 5.10 Å². The number of rotatable bonds is 7. The van der Waals surface area contributed by atoms with Gasteiger partial charge in [-0.05, 0) is 72.1 Å². The Morgan fingerprint density at radius 1 is 0.968 bits per heavy atom. The largest absolute Gasteiger partial charge is 0.489 e. The third kappa shape index (κ3) is 5.28. The Kier molecular flexibility index (Phi) is 6.24.